The van der Waals surface area contributed by atoms with Gasteiger partial charge in [-0.1, -0.05) is 19.1 Å². The summed E-state index contributed by atoms with van der Waals surface area (Å²) < 4.78 is 38.1. The van der Waals surface area contributed by atoms with Crippen LogP contribution in [0.2, 0.25) is 0 Å². The molecule has 0 atom stereocenters. The summed E-state index contributed by atoms with van der Waals surface area (Å²) in [6, 6.07) is 5.67. The lowest BCUT2D eigenvalue weighted by atomic mass is 9.98. The average Bonchev–Trinajstić information content (AvgIpc) is 2.36. The molecular formula is C14H19F3N2. The van der Waals surface area contributed by atoms with Gasteiger partial charge in [0.1, 0.15) is 6.54 Å². The molecule has 106 valence electrons. The van der Waals surface area contributed by atoms with E-state index in [-0.39, 0.29) is 0 Å². The van der Waals surface area contributed by atoms with Crippen molar-refractivity contribution in [3.8, 4) is 0 Å². The molecular weight excluding hydrogens is 253 g/mol. The minimum atomic E-state index is -4.17. The van der Waals surface area contributed by atoms with Gasteiger partial charge in [-0.15, -0.1) is 0 Å². The summed E-state index contributed by atoms with van der Waals surface area (Å²) in [5.74, 6) is 0. The Morgan fingerprint density at radius 3 is 2.79 bits per heavy atom. The lowest BCUT2D eigenvalue weighted by Gasteiger charge is -2.30. The molecule has 1 aromatic rings. The van der Waals surface area contributed by atoms with E-state index in [4.69, 9.17) is 0 Å². The van der Waals surface area contributed by atoms with Crippen LogP contribution in [0, 0.1) is 0 Å². The molecule has 0 amide bonds. The van der Waals surface area contributed by atoms with Gasteiger partial charge in [0.15, 0.2) is 0 Å². The predicted molar refractivity (Wildman–Crippen MR) is 70.4 cm³/mol. The number of alkyl halides is 3. The Kier molecular flexibility index (Phi) is 4.34. The number of benzene rings is 1. The summed E-state index contributed by atoms with van der Waals surface area (Å²) in [7, 11) is 0. The second-order valence-corrected chi connectivity index (χ2v) is 4.88. The summed E-state index contributed by atoms with van der Waals surface area (Å²) in [6.45, 7) is 3.00. The molecule has 2 rings (SSSR count). The lowest BCUT2D eigenvalue weighted by Crippen LogP contribution is -2.36. The summed E-state index contributed by atoms with van der Waals surface area (Å²) in [5.41, 5.74) is 2.91. The van der Waals surface area contributed by atoms with Gasteiger partial charge in [0.25, 0.3) is 0 Å². The van der Waals surface area contributed by atoms with Gasteiger partial charge in [0.05, 0.1) is 0 Å². The topological polar surface area (TPSA) is 15.3 Å². The summed E-state index contributed by atoms with van der Waals surface area (Å²) >= 11 is 0. The van der Waals surface area contributed by atoms with Crippen molar-refractivity contribution in [2.45, 2.75) is 32.5 Å². The third-order valence-corrected chi connectivity index (χ3v) is 3.33. The molecule has 0 spiro atoms. The van der Waals surface area contributed by atoms with Crippen LogP contribution in [-0.4, -0.2) is 25.8 Å². The maximum atomic E-state index is 12.7. The molecule has 0 saturated carbocycles. The number of nitrogens with zero attached hydrogens (tertiary/aromatic N) is 1. The third kappa shape index (κ3) is 3.62. The quantitative estimate of drug-likeness (QED) is 0.906. The van der Waals surface area contributed by atoms with Gasteiger partial charge in [0.2, 0.25) is 0 Å². The molecule has 5 heteroatoms. The Morgan fingerprint density at radius 1 is 1.32 bits per heavy atom. The zero-order chi connectivity index (χ0) is 13.9. The highest BCUT2D eigenvalue weighted by atomic mass is 19.4. The molecule has 19 heavy (non-hydrogen) atoms. The number of fused-ring (bicyclic) bond motifs is 1. The van der Waals surface area contributed by atoms with Gasteiger partial charge >= 0.3 is 6.18 Å². The van der Waals surface area contributed by atoms with E-state index in [0.29, 0.717) is 19.5 Å². The fourth-order valence-corrected chi connectivity index (χ4v) is 2.56. The molecule has 0 unspecified atom stereocenters. The van der Waals surface area contributed by atoms with Crippen LogP contribution < -0.4 is 10.2 Å². The molecule has 0 fully saturated rings. The summed E-state index contributed by atoms with van der Waals surface area (Å²) in [4.78, 5) is 1.45. The summed E-state index contributed by atoms with van der Waals surface area (Å²) in [6.07, 6.45) is -2.58. The molecule has 0 bridgehead atoms. The Bertz CT molecular complexity index is 429. The van der Waals surface area contributed by atoms with Crippen LogP contribution in [0.5, 0.6) is 0 Å². The van der Waals surface area contributed by atoms with Crippen LogP contribution in [0.4, 0.5) is 18.9 Å². The smallest absolute Gasteiger partial charge is 0.362 e. The zero-order valence-electron chi connectivity index (χ0n) is 11.1. The third-order valence-electron chi connectivity index (χ3n) is 3.33. The first kappa shape index (κ1) is 14.2. The van der Waals surface area contributed by atoms with Gasteiger partial charge in [-0.3, -0.25) is 0 Å². The first-order chi connectivity index (χ1) is 9.01. The molecule has 1 aliphatic rings. The highest BCUT2D eigenvalue weighted by Crippen LogP contribution is 2.29. The molecule has 0 radical (unpaired) electrons. The monoisotopic (exact) mass is 272 g/mol. The molecule has 1 heterocycles. The normalized spacial score (nSPS) is 15.2. The van der Waals surface area contributed by atoms with E-state index in [9.17, 15) is 13.2 Å². The molecule has 1 N–H and O–H groups in total. The van der Waals surface area contributed by atoms with Crippen molar-refractivity contribution >= 4 is 5.69 Å². The number of rotatable bonds is 4. The maximum absolute atomic E-state index is 12.7. The van der Waals surface area contributed by atoms with Crippen LogP contribution in [0.3, 0.4) is 0 Å². The van der Waals surface area contributed by atoms with Gasteiger partial charge < -0.3 is 10.2 Å². The highest BCUT2D eigenvalue weighted by Gasteiger charge is 2.31. The van der Waals surface area contributed by atoms with Gasteiger partial charge in [-0.05, 0) is 36.6 Å². The number of halogens is 3. The standard InChI is InChI=1S/C14H19F3N2/c1-2-8-19(10-14(15,16)17)13-5-3-4-11-6-7-18-9-12(11)13/h3-5,18H,2,6-10H2,1H3. The number of nitrogens with one attached hydrogen (secondary N) is 1. The van der Waals surface area contributed by atoms with Crippen molar-refractivity contribution in [3.63, 3.8) is 0 Å². The van der Waals surface area contributed by atoms with Crippen LogP contribution in [0.15, 0.2) is 18.2 Å². The molecule has 0 saturated heterocycles. The van der Waals surface area contributed by atoms with Crippen molar-refractivity contribution in [3.05, 3.63) is 29.3 Å². The van der Waals surface area contributed by atoms with Crippen LogP contribution in [-0.2, 0) is 13.0 Å². The Labute approximate surface area is 111 Å². The second kappa shape index (κ2) is 5.82. The Morgan fingerprint density at radius 2 is 2.11 bits per heavy atom. The first-order valence-electron chi connectivity index (χ1n) is 6.64. The van der Waals surface area contributed by atoms with E-state index >= 15 is 0 Å². The van der Waals surface area contributed by atoms with Gasteiger partial charge in [-0.2, -0.15) is 13.2 Å². The Hall–Kier alpha value is -1.23. The molecule has 2 nitrogen and oxygen atoms in total. The lowest BCUT2D eigenvalue weighted by molar-refractivity contribution is -0.119. The minimum absolute atomic E-state index is 0.427. The van der Waals surface area contributed by atoms with Gasteiger partial charge in [0, 0.05) is 18.8 Å². The fraction of sp³-hybridized carbons (Fsp3) is 0.571. The van der Waals surface area contributed by atoms with Crippen LogP contribution in [0.25, 0.3) is 0 Å². The van der Waals surface area contributed by atoms with E-state index in [1.165, 1.54) is 10.5 Å². The van der Waals surface area contributed by atoms with Crippen molar-refractivity contribution in [1.29, 1.82) is 0 Å². The van der Waals surface area contributed by atoms with E-state index < -0.39 is 12.7 Å². The molecule has 1 aliphatic heterocycles. The number of hydrogen-bond acceptors (Lipinski definition) is 2. The predicted octanol–water partition coefficient (Wildman–Crippen LogP) is 3.11. The first-order valence-corrected chi connectivity index (χ1v) is 6.64. The van der Waals surface area contributed by atoms with E-state index in [1.54, 1.807) is 6.07 Å². The molecule has 0 aromatic heterocycles. The minimum Gasteiger partial charge on any atom is -0.362 e. The van der Waals surface area contributed by atoms with Gasteiger partial charge in [-0.25, -0.2) is 0 Å². The maximum Gasteiger partial charge on any atom is 0.405 e. The van der Waals surface area contributed by atoms with Crippen molar-refractivity contribution < 1.29 is 13.2 Å². The van der Waals surface area contributed by atoms with E-state index in [1.807, 2.05) is 19.1 Å². The number of hydrogen-bond donors (Lipinski definition) is 1. The zero-order valence-corrected chi connectivity index (χ0v) is 11.1. The summed E-state index contributed by atoms with van der Waals surface area (Å²) in [5, 5.41) is 3.23. The van der Waals surface area contributed by atoms with Crippen molar-refractivity contribution in [1.82, 2.24) is 5.32 Å². The van der Waals surface area contributed by atoms with Crippen molar-refractivity contribution in [2.75, 3.05) is 24.5 Å². The average molecular weight is 272 g/mol. The van der Waals surface area contributed by atoms with Crippen LogP contribution >= 0.6 is 0 Å². The largest absolute Gasteiger partial charge is 0.405 e. The van der Waals surface area contributed by atoms with E-state index in [2.05, 4.69) is 5.32 Å². The van der Waals surface area contributed by atoms with Crippen molar-refractivity contribution in [2.24, 2.45) is 0 Å². The van der Waals surface area contributed by atoms with E-state index in [0.717, 1.165) is 24.2 Å². The number of anilines is 1. The molecule has 0 aliphatic carbocycles. The SMILES string of the molecule is CCCN(CC(F)(F)F)c1cccc2c1CNCC2. The molecule has 1 aromatic carbocycles. The fourth-order valence-electron chi connectivity index (χ4n) is 2.56. The second-order valence-electron chi connectivity index (χ2n) is 4.88. The Balaban J connectivity index is 2.30. The highest BCUT2D eigenvalue weighted by molar-refractivity contribution is 5.57. The van der Waals surface area contributed by atoms with Crippen LogP contribution in [0.1, 0.15) is 24.5 Å².